The topological polar surface area (TPSA) is 18.5 Å². The van der Waals surface area contributed by atoms with E-state index in [1.165, 1.54) is 70.6 Å². The van der Waals surface area contributed by atoms with E-state index in [1.807, 2.05) is 30.3 Å². The van der Waals surface area contributed by atoms with E-state index in [9.17, 15) is 0 Å². The quantitative estimate of drug-likeness (QED) is 0.580. The van der Waals surface area contributed by atoms with Crippen molar-refractivity contribution in [2.75, 3.05) is 6.61 Å². The van der Waals surface area contributed by atoms with Crippen molar-refractivity contribution in [3.63, 3.8) is 0 Å². The lowest BCUT2D eigenvalue weighted by atomic mass is 10.0. The molecule has 2 nitrogen and oxygen atoms in total. The van der Waals surface area contributed by atoms with Gasteiger partial charge in [0.1, 0.15) is 5.75 Å². The van der Waals surface area contributed by atoms with Crippen LogP contribution in [-0.2, 0) is 4.74 Å². The summed E-state index contributed by atoms with van der Waals surface area (Å²) in [6, 6.07) is 8.08. The molecule has 0 N–H and O–H groups in total. The molecule has 0 radical (unpaired) electrons. The second-order valence-electron chi connectivity index (χ2n) is 7.19. The van der Waals surface area contributed by atoms with Crippen molar-refractivity contribution >= 4 is 6.08 Å². The first-order valence-corrected chi connectivity index (χ1v) is 10.4. The van der Waals surface area contributed by atoms with E-state index >= 15 is 0 Å². The highest BCUT2D eigenvalue weighted by molar-refractivity contribution is 5.55. The molecule has 1 aliphatic rings. The third kappa shape index (κ3) is 8.58. The van der Waals surface area contributed by atoms with Gasteiger partial charge in [-0.2, -0.15) is 0 Å². The average molecular weight is 345 g/mol. The van der Waals surface area contributed by atoms with Crippen molar-refractivity contribution in [3.8, 4) is 5.75 Å². The lowest BCUT2D eigenvalue weighted by molar-refractivity contribution is -0.0866. The summed E-state index contributed by atoms with van der Waals surface area (Å²) in [6.07, 6.45) is 18.7. The zero-order valence-electron chi connectivity index (χ0n) is 15.9. The molecule has 25 heavy (non-hydrogen) atoms. The number of ether oxygens (including phenoxy) is 2. The Labute approximate surface area is 154 Å². The van der Waals surface area contributed by atoms with Gasteiger partial charge in [0, 0.05) is 12.0 Å². The molecule has 0 aliphatic carbocycles. The first-order valence-electron chi connectivity index (χ1n) is 10.4. The molecule has 1 heterocycles. The number of hydrogen-bond donors (Lipinski definition) is 0. The first-order chi connectivity index (χ1) is 12.4. The Morgan fingerprint density at radius 3 is 2.00 bits per heavy atom. The molecule has 1 aromatic rings. The summed E-state index contributed by atoms with van der Waals surface area (Å²) in [5.74, 6) is 0.886. The minimum absolute atomic E-state index is 0.131. The van der Waals surface area contributed by atoms with Gasteiger partial charge < -0.3 is 9.47 Å². The minimum Gasteiger partial charge on any atom is -0.464 e. The zero-order valence-corrected chi connectivity index (χ0v) is 15.9. The second kappa shape index (κ2) is 13.0. The van der Waals surface area contributed by atoms with E-state index in [-0.39, 0.29) is 6.29 Å². The van der Waals surface area contributed by atoms with E-state index in [0.717, 1.165) is 30.8 Å². The highest BCUT2D eigenvalue weighted by Gasteiger charge is 2.12. The third-order valence-electron chi connectivity index (χ3n) is 5.04. The Morgan fingerprint density at radius 1 is 0.800 bits per heavy atom. The molecular formula is C23H36O2. The van der Waals surface area contributed by atoms with Crippen LogP contribution in [0.5, 0.6) is 5.75 Å². The van der Waals surface area contributed by atoms with Gasteiger partial charge in [0.15, 0.2) is 6.29 Å². The van der Waals surface area contributed by atoms with Crippen molar-refractivity contribution in [2.45, 2.75) is 89.8 Å². The molecule has 0 saturated carbocycles. The fraction of sp³-hybridized carbons (Fsp3) is 0.652. The highest BCUT2D eigenvalue weighted by atomic mass is 16.7. The second-order valence-corrected chi connectivity index (χ2v) is 7.19. The maximum Gasteiger partial charge on any atom is 0.199 e. The Hall–Kier alpha value is -1.28. The smallest absolute Gasteiger partial charge is 0.199 e. The molecule has 1 saturated heterocycles. The molecule has 2 rings (SSSR count). The molecule has 0 bridgehead atoms. The van der Waals surface area contributed by atoms with Crippen molar-refractivity contribution in [1.29, 1.82) is 0 Å². The van der Waals surface area contributed by atoms with Crippen LogP contribution in [0.15, 0.2) is 30.8 Å². The van der Waals surface area contributed by atoms with Gasteiger partial charge in [-0.3, -0.25) is 0 Å². The Bertz CT molecular complexity index is 453. The first kappa shape index (κ1) is 20.0. The Morgan fingerprint density at radius 2 is 1.36 bits per heavy atom. The molecule has 0 aromatic heterocycles. The summed E-state index contributed by atoms with van der Waals surface area (Å²) in [6.45, 7) is 4.69. The standard InChI is InChI=1S/C23H36O2/c1-2-21-17-14-15-18-22(21)25-23-19-13-11-9-7-5-3-4-6-8-10-12-16-20-24-23/h2,14-15,17-18,23H,1,3-13,16,19-20H2. The van der Waals surface area contributed by atoms with E-state index in [2.05, 4.69) is 6.58 Å². The molecule has 1 aliphatic heterocycles. The van der Waals surface area contributed by atoms with Crippen molar-refractivity contribution < 1.29 is 9.47 Å². The monoisotopic (exact) mass is 344 g/mol. The summed E-state index contributed by atoms with van der Waals surface area (Å²) >= 11 is 0. The summed E-state index contributed by atoms with van der Waals surface area (Å²) < 4.78 is 12.3. The molecule has 0 amide bonds. The molecule has 1 unspecified atom stereocenters. The Kier molecular flexibility index (Phi) is 10.4. The number of para-hydroxylation sites is 1. The summed E-state index contributed by atoms with van der Waals surface area (Å²) in [7, 11) is 0. The van der Waals surface area contributed by atoms with Crippen LogP contribution in [0.25, 0.3) is 6.08 Å². The van der Waals surface area contributed by atoms with Gasteiger partial charge in [-0.05, 0) is 18.9 Å². The van der Waals surface area contributed by atoms with Gasteiger partial charge in [-0.15, -0.1) is 0 Å². The van der Waals surface area contributed by atoms with Crippen LogP contribution in [0.3, 0.4) is 0 Å². The lowest BCUT2D eigenvalue weighted by Crippen LogP contribution is -2.21. The SMILES string of the molecule is C=Cc1ccccc1OC1CCCCCCCCCCCCCCO1. The fourth-order valence-electron chi connectivity index (χ4n) is 3.47. The van der Waals surface area contributed by atoms with Gasteiger partial charge in [0.05, 0.1) is 6.61 Å². The van der Waals surface area contributed by atoms with E-state index in [1.54, 1.807) is 0 Å². The van der Waals surface area contributed by atoms with Gasteiger partial charge in [-0.25, -0.2) is 0 Å². The van der Waals surface area contributed by atoms with Crippen molar-refractivity contribution in [1.82, 2.24) is 0 Å². The van der Waals surface area contributed by atoms with E-state index in [4.69, 9.17) is 9.47 Å². The predicted octanol–water partition coefficient (Wildman–Crippen LogP) is 7.14. The minimum atomic E-state index is -0.131. The van der Waals surface area contributed by atoms with Crippen molar-refractivity contribution in [3.05, 3.63) is 36.4 Å². The van der Waals surface area contributed by atoms with Crippen molar-refractivity contribution in [2.24, 2.45) is 0 Å². The largest absolute Gasteiger partial charge is 0.464 e. The summed E-state index contributed by atoms with van der Waals surface area (Å²) in [5, 5.41) is 0. The van der Waals surface area contributed by atoms with E-state index in [0.29, 0.717) is 0 Å². The molecular weight excluding hydrogens is 308 g/mol. The van der Waals surface area contributed by atoms with Crippen LogP contribution in [0.4, 0.5) is 0 Å². The van der Waals surface area contributed by atoms with Crippen LogP contribution in [0, 0.1) is 0 Å². The normalized spacial score (nSPS) is 22.2. The van der Waals surface area contributed by atoms with Crippen LogP contribution in [-0.4, -0.2) is 12.9 Å². The summed E-state index contributed by atoms with van der Waals surface area (Å²) in [4.78, 5) is 0. The molecule has 2 heteroatoms. The van der Waals surface area contributed by atoms with Crippen LogP contribution in [0.1, 0.15) is 89.0 Å². The molecule has 1 atom stereocenters. The third-order valence-corrected chi connectivity index (χ3v) is 5.04. The lowest BCUT2D eigenvalue weighted by Gasteiger charge is -2.21. The summed E-state index contributed by atoms with van der Waals surface area (Å²) in [5.41, 5.74) is 1.04. The number of hydrogen-bond acceptors (Lipinski definition) is 2. The van der Waals surface area contributed by atoms with Crippen LogP contribution in [0.2, 0.25) is 0 Å². The molecule has 1 aromatic carbocycles. The molecule has 1 fully saturated rings. The van der Waals surface area contributed by atoms with Gasteiger partial charge >= 0.3 is 0 Å². The van der Waals surface area contributed by atoms with Crippen LogP contribution < -0.4 is 4.74 Å². The Balaban J connectivity index is 1.85. The van der Waals surface area contributed by atoms with E-state index < -0.39 is 0 Å². The highest BCUT2D eigenvalue weighted by Crippen LogP contribution is 2.23. The maximum atomic E-state index is 6.19. The number of benzene rings is 1. The predicted molar refractivity (Wildman–Crippen MR) is 107 cm³/mol. The van der Waals surface area contributed by atoms with Crippen LogP contribution >= 0.6 is 0 Å². The molecule has 0 spiro atoms. The maximum absolute atomic E-state index is 6.19. The average Bonchev–Trinajstić information content (AvgIpc) is 2.64. The van der Waals surface area contributed by atoms with Gasteiger partial charge in [0.2, 0.25) is 0 Å². The van der Waals surface area contributed by atoms with Gasteiger partial charge in [-0.1, -0.05) is 95.1 Å². The zero-order chi connectivity index (χ0) is 17.6. The fourth-order valence-corrected chi connectivity index (χ4v) is 3.47. The molecule has 140 valence electrons. The number of rotatable bonds is 3. The van der Waals surface area contributed by atoms with Gasteiger partial charge in [0.25, 0.3) is 0 Å².